The summed E-state index contributed by atoms with van der Waals surface area (Å²) in [7, 11) is 0. The number of halogens is 3. The van der Waals surface area contributed by atoms with Gasteiger partial charge in [-0.25, -0.2) is 0 Å². The van der Waals surface area contributed by atoms with E-state index in [0.29, 0.717) is 5.82 Å². The molecule has 0 aliphatic rings. The zero-order chi connectivity index (χ0) is 15.0. The molecule has 3 N–H and O–H groups in total. The van der Waals surface area contributed by atoms with Gasteiger partial charge < -0.3 is 5.73 Å². The Labute approximate surface area is 147 Å². The molecule has 0 amide bonds. The lowest BCUT2D eigenvalue weighted by atomic mass is 10.0. The molecular weight excluding hydrogens is 462 g/mol. The van der Waals surface area contributed by atoms with Crippen LogP contribution in [0.3, 0.4) is 0 Å². The molecular formula is C15H10Br3N3. The first kappa shape index (κ1) is 14.8. The number of rotatable bonds is 2. The predicted octanol–water partition coefficient (Wildman–Crippen LogP) is 5.61. The van der Waals surface area contributed by atoms with Gasteiger partial charge in [-0.2, -0.15) is 5.10 Å². The minimum Gasteiger partial charge on any atom is -0.382 e. The summed E-state index contributed by atoms with van der Waals surface area (Å²) in [4.78, 5) is 0. The van der Waals surface area contributed by atoms with Gasteiger partial charge in [0.1, 0.15) is 0 Å². The van der Waals surface area contributed by atoms with Crippen molar-refractivity contribution in [1.82, 2.24) is 10.2 Å². The number of hydrogen-bond acceptors (Lipinski definition) is 2. The highest BCUT2D eigenvalue weighted by Gasteiger charge is 2.17. The van der Waals surface area contributed by atoms with Crippen molar-refractivity contribution in [3.8, 4) is 22.4 Å². The van der Waals surface area contributed by atoms with Gasteiger partial charge in [-0.15, -0.1) is 0 Å². The van der Waals surface area contributed by atoms with Gasteiger partial charge in [0, 0.05) is 19.0 Å². The molecule has 1 heterocycles. The molecule has 0 aliphatic carbocycles. The molecule has 0 saturated heterocycles. The maximum Gasteiger partial charge on any atom is 0.153 e. The summed E-state index contributed by atoms with van der Waals surface area (Å²) in [5.74, 6) is 0.485. The van der Waals surface area contributed by atoms with Gasteiger partial charge in [-0.1, -0.05) is 59.9 Å². The first-order valence-corrected chi connectivity index (χ1v) is 8.49. The molecule has 2 aromatic carbocycles. The van der Waals surface area contributed by atoms with Crippen LogP contribution < -0.4 is 5.73 Å². The molecule has 0 bridgehead atoms. The van der Waals surface area contributed by atoms with Crippen LogP contribution in [0.2, 0.25) is 0 Å². The molecule has 1 aromatic heterocycles. The van der Waals surface area contributed by atoms with Gasteiger partial charge in [-0.3, -0.25) is 5.10 Å². The van der Waals surface area contributed by atoms with E-state index in [1.54, 1.807) is 0 Å². The topological polar surface area (TPSA) is 54.7 Å². The van der Waals surface area contributed by atoms with Crippen LogP contribution in [0.1, 0.15) is 0 Å². The van der Waals surface area contributed by atoms with Crippen LogP contribution in [0.15, 0.2) is 55.9 Å². The Morgan fingerprint density at radius 1 is 0.905 bits per heavy atom. The van der Waals surface area contributed by atoms with E-state index in [2.05, 4.69) is 58.0 Å². The van der Waals surface area contributed by atoms with Gasteiger partial charge in [-0.05, 0) is 35.9 Å². The second-order valence-electron chi connectivity index (χ2n) is 4.49. The van der Waals surface area contributed by atoms with Crippen molar-refractivity contribution < 1.29 is 0 Å². The van der Waals surface area contributed by atoms with Crippen LogP contribution in [-0.2, 0) is 0 Å². The minimum atomic E-state index is 0.485. The summed E-state index contributed by atoms with van der Waals surface area (Å²) in [6.07, 6.45) is 0. The Kier molecular flexibility index (Phi) is 4.19. The monoisotopic (exact) mass is 469 g/mol. The zero-order valence-corrected chi connectivity index (χ0v) is 15.5. The summed E-state index contributed by atoms with van der Waals surface area (Å²) in [5.41, 5.74) is 9.88. The smallest absolute Gasteiger partial charge is 0.153 e. The normalized spacial score (nSPS) is 10.8. The summed E-state index contributed by atoms with van der Waals surface area (Å²) in [6, 6.07) is 14.0. The van der Waals surface area contributed by atoms with E-state index in [-0.39, 0.29) is 0 Å². The van der Waals surface area contributed by atoms with E-state index >= 15 is 0 Å². The molecule has 0 radical (unpaired) electrons. The van der Waals surface area contributed by atoms with Gasteiger partial charge in [0.15, 0.2) is 5.82 Å². The molecule has 21 heavy (non-hydrogen) atoms. The highest BCUT2D eigenvalue weighted by molar-refractivity contribution is 9.11. The van der Waals surface area contributed by atoms with Crippen molar-refractivity contribution in [2.24, 2.45) is 0 Å². The summed E-state index contributed by atoms with van der Waals surface area (Å²) < 4.78 is 3.00. The van der Waals surface area contributed by atoms with Crippen LogP contribution in [0, 0.1) is 0 Å². The molecule has 6 heteroatoms. The molecule has 0 unspecified atom stereocenters. The van der Waals surface area contributed by atoms with E-state index in [9.17, 15) is 0 Å². The van der Waals surface area contributed by atoms with E-state index in [1.807, 2.05) is 42.5 Å². The number of hydrogen-bond donors (Lipinski definition) is 2. The fourth-order valence-corrected chi connectivity index (χ4v) is 3.22. The highest BCUT2D eigenvalue weighted by atomic mass is 79.9. The quantitative estimate of drug-likeness (QED) is 0.510. The van der Waals surface area contributed by atoms with Gasteiger partial charge in [0.2, 0.25) is 0 Å². The Bertz CT molecular complexity index is 794. The molecule has 3 aromatic rings. The van der Waals surface area contributed by atoms with Gasteiger partial charge in [0.05, 0.1) is 11.3 Å². The van der Waals surface area contributed by atoms with Crippen LogP contribution >= 0.6 is 47.8 Å². The largest absolute Gasteiger partial charge is 0.382 e. The highest BCUT2D eigenvalue weighted by Crippen LogP contribution is 2.39. The van der Waals surface area contributed by atoms with Crippen LogP contribution in [0.25, 0.3) is 22.4 Å². The second kappa shape index (κ2) is 5.94. The van der Waals surface area contributed by atoms with E-state index in [4.69, 9.17) is 5.73 Å². The zero-order valence-electron chi connectivity index (χ0n) is 10.7. The maximum absolute atomic E-state index is 6.06. The average Bonchev–Trinajstić information content (AvgIpc) is 2.84. The van der Waals surface area contributed by atoms with Crippen molar-refractivity contribution >= 4 is 53.6 Å². The summed E-state index contributed by atoms with van der Waals surface area (Å²) in [6.45, 7) is 0. The predicted molar refractivity (Wildman–Crippen MR) is 97.0 cm³/mol. The van der Waals surface area contributed by atoms with Crippen LogP contribution in [0.4, 0.5) is 5.82 Å². The maximum atomic E-state index is 6.06. The number of nitrogens with two attached hydrogens (primary N) is 1. The van der Waals surface area contributed by atoms with Crippen LogP contribution in [-0.4, -0.2) is 10.2 Å². The molecule has 0 atom stereocenters. The number of benzene rings is 2. The third-order valence-corrected chi connectivity index (χ3v) is 4.84. The first-order chi connectivity index (χ1) is 10.1. The molecule has 0 fully saturated rings. The number of aromatic amines is 1. The molecule has 0 saturated carbocycles. The number of anilines is 1. The summed E-state index contributed by atoms with van der Waals surface area (Å²) in [5, 5.41) is 7.20. The van der Waals surface area contributed by atoms with Crippen molar-refractivity contribution in [2.45, 2.75) is 0 Å². The van der Waals surface area contributed by atoms with Crippen molar-refractivity contribution in [2.75, 3.05) is 5.73 Å². The number of aromatic nitrogens is 2. The number of nitrogens with one attached hydrogen (secondary N) is 1. The Morgan fingerprint density at radius 2 is 1.57 bits per heavy atom. The number of H-pyrrole nitrogens is 1. The van der Waals surface area contributed by atoms with Gasteiger partial charge >= 0.3 is 0 Å². The third-order valence-electron chi connectivity index (χ3n) is 3.12. The number of nitrogen functional groups attached to an aromatic ring is 1. The second-order valence-corrected chi connectivity index (χ2v) is 7.18. The minimum absolute atomic E-state index is 0.485. The average molecular weight is 472 g/mol. The lowest BCUT2D eigenvalue weighted by Crippen LogP contribution is -1.89. The van der Waals surface area contributed by atoms with E-state index < -0.39 is 0 Å². The molecule has 0 spiro atoms. The fraction of sp³-hybridized carbons (Fsp3) is 0. The first-order valence-electron chi connectivity index (χ1n) is 6.11. The molecule has 3 rings (SSSR count). The Hall–Kier alpha value is -1.11. The van der Waals surface area contributed by atoms with Crippen molar-refractivity contribution in [3.63, 3.8) is 0 Å². The fourth-order valence-electron chi connectivity index (χ4n) is 2.15. The Balaban J connectivity index is 2.21. The lowest BCUT2D eigenvalue weighted by molar-refractivity contribution is 1.10. The standard InChI is InChI=1S/C15H10Br3N3/c16-9-3-1-8(2-4-9)13-14(20-21-15(13)19)11-7-10(17)5-6-12(11)18/h1-7H,(H3,19,20,21). The van der Waals surface area contributed by atoms with Gasteiger partial charge in [0.25, 0.3) is 0 Å². The summed E-state index contributed by atoms with van der Waals surface area (Å²) >= 11 is 10.5. The molecule has 0 aliphatic heterocycles. The van der Waals surface area contributed by atoms with E-state index in [0.717, 1.165) is 35.8 Å². The molecule has 3 nitrogen and oxygen atoms in total. The Morgan fingerprint density at radius 3 is 2.29 bits per heavy atom. The third kappa shape index (κ3) is 2.93. The lowest BCUT2D eigenvalue weighted by Gasteiger charge is -2.07. The number of nitrogens with zero attached hydrogens (tertiary/aromatic N) is 1. The van der Waals surface area contributed by atoms with Crippen molar-refractivity contribution in [1.29, 1.82) is 0 Å². The molecule has 106 valence electrons. The van der Waals surface area contributed by atoms with Crippen LogP contribution in [0.5, 0.6) is 0 Å². The van der Waals surface area contributed by atoms with E-state index in [1.165, 1.54) is 0 Å². The SMILES string of the molecule is Nc1n[nH]c(-c2cc(Br)ccc2Br)c1-c1ccc(Br)cc1. The van der Waals surface area contributed by atoms with Crippen molar-refractivity contribution in [3.05, 3.63) is 55.9 Å².